The molecule has 0 spiro atoms. The van der Waals surface area contributed by atoms with E-state index in [-0.39, 0.29) is 31.1 Å². The van der Waals surface area contributed by atoms with Crippen LogP contribution in [0.4, 0.5) is 0 Å². The van der Waals surface area contributed by atoms with Crippen LogP contribution in [0.5, 0.6) is 5.75 Å². The van der Waals surface area contributed by atoms with Crippen molar-refractivity contribution in [2.24, 2.45) is 5.92 Å². The predicted octanol–water partition coefficient (Wildman–Crippen LogP) is 1.82. The molecule has 0 aliphatic carbocycles. The number of hydrogen-bond acceptors (Lipinski definition) is 3. The maximum Gasteiger partial charge on any atom is 0.258 e. The second kappa shape index (κ2) is 7.14. The Morgan fingerprint density at radius 1 is 1.37 bits per heavy atom. The fourth-order valence-electron chi connectivity index (χ4n) is 1.68. The van der Waals surface area contributed by atoms with E-state index in [4.69, 9.17) is 9.84 Å². The minimum atomic E-state index is -0.227. The first-order valence-corrected chi connectivity index (χ1v) is 6.54. The summed E-state index contributed by atoms with van der Waals surface area (Å²) in [7, 11) is 0. The number of aliphatic hydroxyl groups excluding tert-OH is 1. The quantitative estimate of drug-likeness (QED) is 0.825. The van der Waals surface area contributed by atoms with E-state index in [2.05, 4.69) is 5.32 Å². The third-order valence-corrected chi connectivity index (χ3v) is 3.05. The molecule has 4 nitrogen and oxygen atoms in total. The van der Waals surface area contributed by atoms with E-state index < -0.39 is 0 Å². The van der Waals surface area contributed by atoms with Crippen LogP contribution >= 0.6 is 0 Å². The first-order valence-electron chi connectivity index (χ1n) is 6.54. The highest BCUT2D eigenvalue weighted by Crippen LogP contribution is 2.18. The summed E-state index contributed by atoms with van der Waals surface area (Å²) in [6.45, 7) is 7.73. The molecule has 106 valence electrons. The van der Waals surface area contributed by atoms with Gasteiger partial charge in [0.2, 0.25) is 0 Å². The summed E-state index contributed by atoms with van der Waals surface area (Å²) < 4.78 is 5.51. The van der Waals surface area contributed by atoms with Gasteiger partial charge in [-0.2, -0.15) is 0 Å². The molecule has 2 N–H and O–H groups in total. The lowest BCUT2D eigenvalue weighted by atomic mass is 10.1. The average molecular weight is 265 g/mol. The van der Waals surface area contributed by atoms with Crippen LogP contribution in [0.3, 0.4) is 0 Å². The molecular formula is C15H23NO3. The fraction of sp³-hybridized carbons (Fsp3) is 0.533. The molecule has 1 amide bonds. The molecule has 0 aromatic heterocycles. The molecule has 1 aromatic carbocycles. The van der Waals surface area contributed by atoms with Crippen LogP contribution in [-0.2, 0) is 4.79 Å². The largest absolute Gasteiger partial charge is 0.483 e. The summed E-state index contributed by atoms with van der Waals surface area (Å²) in [6, 6.07) is 5.65. The Balaban J connectivity index is 2.52. The Kier molecular flexibility index (Phi) is 5.83. The zero-order chi connectivity index (χ0) is 14.4. The molecule has 0 heterocycles. The highest BCUT2D eigenvalue weighted by Gasteiger charge is 2.15. The van der Waals surface area contributed by atoms with Gasteiger partial charge >= 0.3 is 0 Å². The Hall–Kier alpha value is -1.55. The lowest BCUT2D eigenvalue weighted by Gasteiger charge is -2.20. The van der Waals surface area contributed by atoms with Gasteiger partial charge in [0, 0.05) is 0 Å². The van der Waals surface area contributed by atoms with Gasteiger partial charge in [0.25, 0.3) is 5.91 Å². The maximum atomic E-state index is 11.7. The van der Waals surface area contributed by atoms with E-state index >= 15 is 0 Å². The van der Waals surface area contributed by atoms with Crippen LogP contribution in [0.15, 0.2) is 18.2 Å². The molecule has 0 saturated heterocycles. The molecule has 0 aliphatic heterocycles. The number of rotatable bonds is 6. The molecule has 1 unspecified atom stereocenters. The van der Waals surface area contributed by atoms with Crippen molar-refractivity contribution in [1.29, 1.82) is 0 Å². The standard InChI is InChI=1S/C15H23NO3/c1-10(2)13(8-17)16-15(18)9-19-14-7-11(3)5-6-12(14)4/h5-7,10,13,17H,8-9H2,1-4H3,(H,16,18). The summed E-state index contributed by atoms with van der Waals surface area (Å²) in [5.74, 6) is 0.698. The predicted molar refractivity (Wildman–Crippen MR) is 75.3 cm³/mol. The number of carbonyl (C=O) groups is 1. The van der Waals surface area contributed by atoms with E-state index in [1.807, 2.05) is 45.9 Å². The van der Waals surface area contributed by atoms with Crippen LogP contribution in [0.2, 0.25) is 0 Å². The van der Waals surface area contributed by atoms with Gasteiger partial charge in [-0.05, 0) is 37.0 Å². The van der Waals surface area contributed by atoms with Crippen molar-refractivity contribution in [2.45, 2.75) is 33.7 Å². The van der Waals surface area contributed by atoms with E-state index in [0.717, 1.165) is 16.9 Å². The van der Waals surface area contributed by atoms with Gasteiger partial charge in [-0.15, -0.1) is 0 Å². The number of carbonyl (C=O) groups excluding carboxylic acids is 1. The summed E-state index contributed by atoms with van der Waals surface area (Å²) in [5, 5.41) is 11.9. The summed E-state index contributed by atoms with van der Waals surface area (Å²) in [5.41, 5.74) is 2.09. The van der Waals surface area contributed by atoms with Crippen LogP contribution in [0, 0.1) is 19.8 Å². The average Bonchev–Trinajstić information content (AvgIpc) is 2.36. The van der Waals surface area contributed by atoms with Crippen LogP contribution < -0.4 is 10.1 Å². The third kappa shape index (κ3) is 4.91. The number of nitrogens with one attached hydrogen (secondary N) is 1. The first-order chi connectivity index (χ1) is 8.93. The fourth-order valence-corrected chi connectivity index (χ4v) is 1.68. The number of hydrogen-bond donors (Lipinski definition) is 2. The van der Waals surface area contributed by atoms with Crippen molar-refractivity contribution in [3.8, 4) is 5.75 Å². The van der Waals surface area contributed by atoms with E-state index in [9.17, 15) is 4.79 Å². The molecule has 0 bridgehead atoms. The second-order valence-corrected chi connectivity index (χ2v) is 5.16. The monoisotopic (exact) mass is 265 g/mol. The highest BCUT2D eigenvalue weighted by atomic mass is 16.5. The molecular weight excluding hydrogens is 242 g/mol. The van der Waals surface area contributed by atoms with Crippen molar-refractivity contribution < 1.29 is 14.6 Å². The molecule has 1 rings (SSSR count). The van der Waals surface area contributed by atoms with Gasteiger partial charge < -0.3 is 15.2 Å². The molecule has 19 heavy (non-hydrogen) atoms. The summed E-state index contributed by atoms with van der Waals surface area (Å²) in [4.78, 5) is 11.7. The van der Waals surface area contributed by atoms with Crippen molar-refractivity contribution in [3.63, 3.8) is 0 Å². The van der Waals surface area contributed by atoms with Gasteiger partial charge in [-0.1, -0.05) is 26.0 Å². The molecule has 0 radical (unpaired) electrons. The minimum absolute atomic E-state index is 0.0342. The summed E-state index contributed by atoms with van der Waals surface area (Å²) >= 11 is 0. The minimum Gasteiger partial charge on any atom is -0.483 e. The van der Waals surface area contributed by atoms with Crippen molar-refractivity contribution in [2.75, 3.05) is 13.2 Å². The molecule has 1 atom stereocenters. The Morgan fingerprint density at radius 2 is 2.05 bits per heavy atom. The number of aryl methyl sites for hydroxylation is 2. The molecule has 1 aromatic rings. The van der Waals surface area contributed by atoms with Crippen molar-refractivity contribution >= 4 is 5.91 Å². The van der Waals surface area contributed by atoms with Crippen LogP contribution in [-0.4, -0.2) is 30.3 Å². The smallest absolute Gasteiger partial charge is 0.258 e. The maximum absolute atomic E-state index is 11.7. The number of benzene rings is 1. The van der Waals surface area contributed by atoms with Gasteiger partial charge in [0.1, 0.15) is 5.75 Å². The van der Waals surface area contributed by atoms with E-state index in [1.54, 1.807) is 0 Å². The lowest BCUT2D eigenvalue weighted by molar-refractivity contribution is -0.124. The van der Waals surface area contributed by atoms with Gasteiger partial charge in [0.05, 0.1) is 12.6 Å². The summed E-state index contributed by atoms with van der Waals surface area (Å²) in [6.07, 6.45) is 0. The van der Waals surface area contributed by atoms with Crippen LogP contribution in [0.1, 0.15) is 25.0 Å². The Morgan fingerprint density at radius 3 is 2.63 bits per heavy atom. The van der Waals surface area contributed by atoms with Gasteiger partial charge in [-0.3, -0.25) is 4.79 Å². The van der Waals surface area contributed by atoms with E-state index in [0.29, 0.717) is 0 Å². The number of ether oxygens (including phenoxy) is 1. The highest BCUT2D eigenvalue weighted by molar-refractivity contribution is 5.77. The van der Waals surface area contributed by atoms with E-state index in [1.165, 1.54) is 0 Å². The Labute approximate surface area is 114 Å². The molecule has 4 heteroatoms. The second-order valence-electron chi connectivity index (χ2n) is 5.16. The molecule has 0 saturated carbocycles. The van der Waals surface area contributed by atoms with Gasteiger partial charge in [-0.25, -0.2) is 0 Å². The third-order valence-electron chi connectivity index (χ3n) is 3.05. The first kappa shape index (κ1) is 15.5. The number of aliphatic hydroxyl groups is 1. The SMILES string of the molecule is Cc1ccc(C)c(OCC(=O)NC(CO)C(C)C)c1. The lowest BCUT2D eigenvalue weighted by Crippen LogP contribution is -2.43. The molecule has 0 aliphatic rings. The normalized spacial score (nSPS) is 12.3. The van der Waals surface area contributed by atoms with Gasteiger partial charge in [0.15, 0.2) is 6.61 Å². The zero-order valence-electron chi connectivity index (χ0n) is 12.1. The number of amides is 1. The van der Waals surface area contributed by atoms with Crippen molar-refractivity contribution in [1.82, 2.24) is 5.32 Å². The Bertz CT molecular complexity index is 429. The topological polar surface area (TPSA) is 58.6 Å². The van der Waals surface area contributed by atoms with Crippen molar-refractivity contribution in [3.05, 3.63) is 29.3 Å². The zero-order valence-corrected chi connectivity index (χ0v) is 12.1. The molecule has 0 fully saturated rings. The van der Waals surface area contributed by atoms with Crippen LogP contribution in [0.25, 0.3) is 0 Å².